The zero-order chi connectivity index (χ0) is 15.6. The molecule has 0 atom stereocenters. The number of carbonyl (C=O) groups excluding carboxylic acids is 1. The van der Waals surface area contributed by atoms with Gasteiger partial charge < -0.3 is 10.1 Å². The van der Waals surface area contributed by atoms with Crippen LogP contribution in [0, 0.1) is 0 Å². The van der Waals surface area contributed by atoms with Crippen LogP contribution in [0.3, 0.4) is 0 Å². The minimum absolute atomic E-state index is 0.0637. The standard InChI is InChI=1S/C19H21NO2/c1-22-14-8-13-20-19(21)18(17-11-6-3-7-12-17)15-16-9-4-2-5-10-16/h2-7,9-12,15H,8,13-14H2,1H3,(H,20,21)/b18-15+. The van der Waals surface area contributed by atoms with Crippen molar-refractivity contribution in [3.63, 3.8) is 0 Å². The lowest BCUT2D eigenvalue weighted by molar-refractivity contribution is -0.115. The van der Waals surface area contributed by atoms with E-state index >= 15 is 0 Å². The highest BCUT2D eigenvalue weighted by Crippen LogP contribution is 2.18. The van der Waals surface area contributed by atoms with Crippen molar-refractivity contribution in [2.24, 2.45) is 0 Å². The molecule has 0 heterocycles. The Balaban J connectivity index is 2.19. The fourth-order valence-electron chi connectivity index (χ4n) is 2.13. The van der Waals surface area contributed by atoms with Crippen molar-refractivity contribution in [3.05, 3.63) is 71.8 Å². The maximum atomic E-state index is 12.5. The highest BCUT2D eigenvalue weighted by Gasteiger charge is 2.11. The number of benzene rings is 2. The summed E-state index contributed by atoms with van der Waals surface area (Å²) in [6.45, 7) is 1.25. The molecule has 0 saturated carbocycles. The van der Waals surface area contributed by atoms with Gasteiger partial charge in [0.15, 0.2) is 0 Å². The molecule has 0 aliphatic heterocycles. The van der Waals surface area contributed by atoms with Gasteiger partial charge in [-0.1, -0.05) is 60.7 Å². The van der Waals surface area contributed by atoms with Crippen molar-refractivity contribution < 1.29 is 9.53 Å². The summed E-state index contributed by atoms with van der Waals surface area (Å²) >= 11 is 0. The molecule has 3 heteroatoms. The zero-order valence-corrected chi connectivity index (χ0v) is 12.8. The second-order valence-corrected chi connectivity index (χ2v) is 4.94. The minimum atomic E-state index is -0.0637. The van der Waals surface area contributed by atoms with Gasteiger partial charge in [0, 0.05) is 25.8 Å². The number of hydrogen-bond acceptors (Lipinski definition) is 2. The molecular formula is C19H21NO2. The molecule has 2 rings (SSSR count). The largest absolute Gasteiger partial charge is 0.385 e. The summed E-state index contributed by atoms with van der Waals surface area (Å²) in [6, 6.07) is 19.6. The third-order valence-electron chi connectivity index (χ3n) is 3.25. The van der Waals surface area contributed by atoms with Gasteiger partial charge in [0.25, 0.3) is 5.91 Å². The van der Waals surface area contributed by atoms with E-state index in [0.29, 0.717) is 18.7 Å². The first-order valence-electron chi connectivity index (χ1n) is 7.40. The number of methoxy groups -OCH3 is 1. The van der Waals surface area contributed by atoms with Crippen LogP contribution < -0.4 is 5.32 Å². The van der Waals surface area contributed by atoms with Gasteiger partial charge in [0.05, 0.1) is 0 Å². The van der Waals surface area contributed by atoms with E-state index in [1.165, 1.54) is 0 Å². The van der Waals surface area contributed by atoms with Crippen molar-refractivity contribution in [1.82, 2.24) is 5.32 Å². The quantitative estimate of drug-likeness (QED) is 0.483. The molecule has 0 aromatic heterocycles. The Labute approximate surface area is 131 Å². The van der Waals surface area contributed by atoms with Crippen LogP contribution in [0.1, 0.15) is 17.5 Å². The smallest absolute Gasteiger partial charge is 0.251 e. The minimum Gasteiger partial charge on any atom is -0.385 e. The summed E-state index contributed by atoms with van der Waals surface area (Å²) < 4.78 is 5.00. The van der Waals surface area contributed by atoms with Crippen LogP contribution in [0.4, 0.5) is 0 Å². The maximum Gasteiger partial charge on any atom is 0.251 e. The second kappa shape index (κ2) is 8.80. The van der Waals surface area contributed by atoms with Crippen LogP contribution in [-0.2, 0) is 9.53 Å². The van der Waals surface area contributed by atoms with E-state index in [4.69, 9.17) is 4.74 Å². The molecule has 114 valence electrons. The van der Waals surface area contributed by atoms with Gasteiger partial charge in [-0.15, -0.1) is 0 Å². The first-order valence-corrected chi connectivity index (χ1v) is 7.40. The predicted octanol–water partition coefficient (Wildman–Crippen LogP) is 3.38. The average Bonchev–Trinajstić information content (AvgIpc) is 2.58. The highest BCUT2D eigenvalue weighted by molar-refractivity contribution is 6.24. The van der Waals surface area contributed by atoms with Gasteiger partial charge in [0.1, 0.15) is 0 Å². The molecule has 1 amide bonds. The van der Waals surface area contributed by atoms with Gasteiger partial charge in [-0.3, -0.25) is 4.79 Å². The van der Waals surface area contributed by atoms with E-state index in [2.05, 4.69) is 5.32 Å². The summed E-state index contributed by atoms with van der Waals surface area (Å²) in [7, 11) is 1.66. The zero-order valence-electron chi connectivity index (χ0n) is 12.8. The van der Waals surface area contributed by atoms with Crippen LogP contribution >= 0.6 is 0 Å². The van der Waals surface area contributed by atoms with Gasteiger partial charge in [0.2, 0.25) is 0 Å². The van der Waals surface area contributed by atoms with Crippen molar-refractivity contribution in [1.29, 1.82) is 0 Å². The monoisotopic (exact) mass is 295 g/mol. The fraction of sp³-hybridized carbons (Fsp3) is 0.211. The van der Waals surface area contributed by atoms with Gasteiger partial charge >= 0.3 is 0 Å². The van der Waals surface area contributed by atoms with E-state index in [1.54, 1.807) is 7.11 Å². The Morgan fingerprint density at radius 2 is 1.68 bits per heavy atom. The number of rotatable bonds is 7. The van der Waals surface area contributed by atoms with Crippen LogP contribution in [0.25, 0.3) is 11.6 Å². The lowest BCUT2D eigenvalue weighted by Crippen LogP contribution is -2.26. The number of carbonyl (C=O) groups is 1. The molecule has 0 radical (unpaired) electrons. The predicted molar refractivity (Wildman–Crippen MR) is 90.3 cm³/mol. The molecular weight excluding hydrogens is 274 g/mol. The number of amides is 1. The molecule has 0 bridgehead atoms. The summed E-state index contributed by atoms with van der Waals surface area (Å²) in [5, 5.41) is 2.95. The molecule has 22 heavy (non-hydrogen) atoms. The summed E-state index contributed by atoms with van der Waals surface area (Å²) in [5.74, 6) is -0.0637. The Bertz CT molecular complexity index is 606. The average molecular weight is 295 g/mol. The Kier molecular flexibility index (Phi) is 6.39. The molecule has 0 aliphatic carbocycles. The summed E-state index contributed by atoms with van der Waals surface area (Å²) in [4.78, 5) is 12.5. The maximum absolute atomic E-state index is 12.5. The second-order valence-electron chi connectivity index (χ2n) is 4.94. The third kappa shape index (κ3) is 4.86. The molecule has 0 spiro atoms. The molecule has 3 nitrogen and oxygen atoms in total. The molecule has 0 saturated heterocycles. The third-order valence-corrected chi connectivity index (χ3v) is 3.25. The molecule has 2 aromatic carbocycles. The van der Waals surface area contributed by atoms with E-state index in [-0.39, 0.29) is 5.91 Å². The number of nitrogens with one attached hydrogen (secondary N) is 1. The summed E-state index contributed by atoms with van der Waals surface area (Å²) in [5.41, 5.74) is 2.59. The molecule has 0 aliphatic rings. The van der Waals surface area contributed by atoms with Gasteiger partial charge in [-0.25, -0.2) is 0 Å². The Morgan fingerprint density at radius 3 is 2.32 bits per heavy atom. The summed E-state index contributed by atoms with van der Waals surface area (Å²) in [6.07, 6.45) is 2.72. The molecule has 2 aromatic rings. The van der Waals surface area contributed by atoms with E-state index < -0.39 is 0 Å². The number of hydrogen-bond donors (Lipinski definition) is 1. The molecule has 0 fully saturated rings. The number of ether oxygens (including phenoxy) is 1. The van der Waals surface area contributed by atoms with Crippen molar-refractivity contribution in [3.8, 4) is 0 Å². The molecule has 0 unspecified atom stereocenters. The first kappa shape index (κ1) is 16.0. The van der Waals surface area contributed by atoms with Crippen LogP contribution in [0.15, 0.2) is 60.7 Å². The highest BCUT2D eigenvalue weighted by atomic mass is 16.5. The normalized spacial score (nSPS) is 11.2. The molecule has 1 N–H and O–H groups in total. The van der Waals surface area contributed by atoms with Crippen molar-refractivity contribution in [2.75, 3.05) is 20.3 Å². The Morgan fingerprint density at radius 1 is 1.05 bits per heavy atom. The van der Waals surface area contributed by atoms with Crippen molar-refractivity contribution in [2.45, 2.75) is 6.42 Å². The fourth-order valence-corrected chi connectivity index (χ4v) is 2.13. The van der Waals surface area contributed by atoms with E-state index in [1.807, 2.05) is 66.7 Å². The van der Waals surface area contributed by atoms with Gasteiger partial charge in [-0.2, -0.15) is 0 Å². The topological polar surface area (TPSA) is 38.3 Å². The SMILES string of the molecule is COCCCNC(=O)/C(=C/c1ccccc1)c1ccccc1. The first-order chi connectivity index (χ1) is 10.8. The van der Waals surface area contributed by atoms with E-state index in [9.17, 15) is 4.79 Å². The van der Waals surface area contributed by atoms with Crippen LogP contribution in [0.2, 0.25) is 0 Å². The lowest BCUT2D eigenvalue weighted by atomic mass is 10.0. The Hall–Kier alpha value is -2.39. The lowest BCUT2D eigenvalue weighted by Gasteiger charge is -2.09. The van der Waals surface area contributed by atoms with Crippen molar-refractivity contribution >= 4 is 17.6 Å². The van der Waals surface area contributed by atoms with Crippen LogP contribution in [0.5, 0.6) is 0 Å². The van der Waals surface area contributed by atoms with E-state index in [0.717, 1.165) is 17.5 Å². The van der Waals surface area contributed by atoms with Gasteiger partial charge in [-0.05, 0) is 23.6 Å². The van der Waals surface area contributed by atoms with Crippen LogP contribution in [-0.4, -0.2) is 26.2 Å².